The molecule has 6 nitrogen and oxygen atoms in total. The molecule has 0 aliphatic rings. The van der Waals surface area contributed by atoms with Gasteiger partial charge in [-0.3, -0.25) is 9.48 Å². The molecular formula is C13H18IN5O. The van der Waals surface area contributed by atoms with E-state index in [2.05, 4.69) is 38.1 Å². The van der Waals surface area contributed by atoms with E-state index >= 15 is 0 Å². The Hall–Kier alpha value is -1.38. The largest absolute Gasteiger partial charge is 0.309 e. The molecule has 0 aliphatic heterocycles. The number of nitrogens with one attached hydrogen (secondary N) is 1. The van der Waals surface area contributed by atoms with Gasteiger partial charge in [0.15, 0.2) is 0 Å². The highest BCUT2D eigenvalue weighted by Gasteiger charge is 2.18. The molecule has 1 atom stereocenters. The first-order chi connectivity index (χ1) is 9.38. The van der Waals surface area contributed by atoms with Gasteiger partial charge in [-0.1, -0.05) is 0 Å². The molecule has 0 aliphatic carbocycles. The minimum Gasteiger partial charge on any atom is -0.309 e. The van der Waals surface area contributed by atoms with Gasteiger partial charge in [-0.05, 0) is 50.3 Å². The van der Waals surface area contributed by atoms with E-state index in [-0.39, 0.29) is 18.0 Å². The Kier molecular flexibility index (Phi) is 4.46. The predicted molar refractivity (Wildman–Crippen MR) is 85.6 cm³/mol. The summed E-state index contributed by atoms with van der Waals surface area (Å²) in [5.41, 5.74) is 0.885. The molecule has 0 fully saturated rings. The molecule has 2 aromatic heterocycles. The quantitative estimate of drug-likeness (QED) is 0.821. The minimum absolute atomic E-state index is 0.105. The molecule has 2 aromatic rings. The lowest BCUT2D eigenvalue weighted by molar-refractivity contribution is -0.119. The maximum Gasteiger partial charge on any atom is 0.250 e. The number of anilines is 1. The SMILES string of the molecule is Cc1cc(NC(=O)C(C)n2cc(I)cn2)n(C(C)C)n1. The van der Waals surface area contributed by atoms with Crippen molar-refractivity contribution in [3.05, 3.63) is 27.7 Å². The average molecular weight is 387 g/mol. The molecule has 20 heavy (non-hydrogen) atoms. The van der Waals surface area contributed by atoms with Crippen molar-refractivity contribution in [2.24, 2.45) is 0 Å². The van der Waals surface area contributed by atoms with Crippen LogP contribution in [0.1, 0.15) is 38.5 Å². The lowest BCUT2D eigenvalue weighted by Gasteiger charge is -2.15. The van der Waals surface area contributed by atoms with Crippen LogP contribution in [0.2, 0.25) is 0 Å². The Morgan fingerprint density at radius 2 is 2.10 bits per heavy atom. The fourth-order valence-electron chi connectivity index (χ4n) is 1.88. The highest BCUT2D eigenvalue weighted by atomic mass is 127. The summed E-state index contributed by atoms with van der Waals surface area (Å²) in [6.07, 6.45) is 3.57. The minimum atomic E-state index is -0.366. The summed E-state index contributed by atoms with van der Waals surface area (Å²) in [6, 6.07) is 1.70. The van der Waals surface area contributed by atoms with E-state index in [0.29, 0.717) is 0 Å². The summed E-state index contributed by atoms with van der Waals surface area (Å²) >= 11 is 2.17. The summed E-state index contributed by atoms with van der Waals surface area (Å²) in [4.78, 5) is 12.3. The number of hydrogen-bond acceptors (Lipinski definition) is 3. The van der Waals surface area contributed by atoms with Gasteiger partial charge in [0.25, 0.3) is 0 Å². The van der Waals surface area contributed by atoms with Crippen LogP contribution in [-0.4, -0.2) is 25.5 Å². The number of amides is 1. The first-order valence-electron chi connectivity index (χ1n) is 6.45. The van der Waals surface area contributed by atoms with Gasteiger partial charge in [0.1, 0.15) is 11.9 Å². The zero-order valence-corrected chi connectivity index (χ0v) is 14.1. The smallest absolute Gasteiger partial charge is 0.250 e. The third kappa shape index (κ3) is 3.20. The molecule has 1 unspecified atom stereocenters. The van der Waals surface area contributed by atoms with Gasteiger partial charge in [0.2, 0.25) is 5.91 Å². The normalized spacial score (nSPS) is 12.7. The first-order valence-corrected chi connectivity index (χ1v) is 7.53. The van der Waals surface area contributed by atoms with Crippen molar-refractivity contribution in [2.75, 3.05) is 5.32 Å². The molecule has 0 saturated heterocycles. The van der Waals surface area contributed by atoms with Crippen LogP contribution in [0.4, 0.5) is 5.82 Å². The molecule has 7 heteroatoms. The lowest BCUT2D eigenvalue weighted by atomic mass is 10.3. The van der Waals surface area contributed by atoms with Crippen molar-refractivity contribution in [3.8, 4) is 0 Å². The molecule has 0 spiro atoms. The van der Waals surface area contributed by atoms with Crippen LogP contribution in [0.3, 0.4) is 0 Å². The molecule has 2 heterocycles. The van der Waals surface area contributed by atoms with Crippen molar-refractivity contribution in [1.82, 2.24) is 19.6 Å². The van der Waals surface area contributed by atoms with Gasteiger partial charge in [-0.2, -0.15) is 10.2 Å². The number of aromatic nitrogens is 4. The number of rotatable bonds is 4. The second kappa shape index (κ2) is 5.94. The Morgan fingerprint density at radius 1 is 1.40 bits per heavy atom. The van der Waals surface area contributed by atoms with Gasteiger partial charge in [-0.25, -0.2) is 4.68 Å². The Bertz CT molecular complexity index is 616. The second-order valence-electron chi connectivity index (χ2n) is 5.01. The number of carbonyl (C=O) groups excluding carboxylic acids is 1. The van der Waals surface area contributed by atoms with Crippen LogP contribution >= 0.6 is 22.6 Å². The van der Waals surface area contributed by atoms with Crippen molar-refractivity contribution < 1.29 is 4.79 Å². The van der Waals surface area contributed by atoms with Crippen LogP contribution in [0, 0.1) is 10.5 Å². The van der Waals surface area contributed by atoms with Crippen LogP contribution in [-0.2, 0) is 4.79 Å². The number of nitrogens with zero attached hydrogens (tertiary/aromatic N) is 4. The van der Waals surface area contributed by atoms with Gasteiger partial charge in [0.05, 0.1) is 15.5 Å². The zero-order valence-electron chi connectivity index (χ0n) is 12.0. The molecule has 0 saturated carbocycles. The van der Waals surface area contributed by atoms with Gasteiger partial charge < -0.3 is 5.32 Å². The maximum absolute atomic E-state index is 12.3. The maximum atomic E-state index is 12.3. The van der Waals surface area contributed by atoms with Crippen LogP contribution < -0.4 is 5.32 Å². The van der Waals surface area contributed by atoms with E-state index in [1.807, 2.05) is 44.6 Å². The monoisotopic (exact) mass is 387 g/mol. The highest BCUT2D eigenvalue weighted by molar-refractivity contribution is 14.1. The predicted octanol–water partition coefficient (Wildman–Crippen LogP) is 2.77. The second-order valence-corrected chi connectivity index (χ2v) is 6.26. The van der Waals surface area contributed by atoms with Crippen molar-refractivity contribution in [1.29, 1.82) is 0 Å². The summed E-state index contributed by atoms with van der Waals surface area (Å²) in [5, 5.41) is 11.5. The van der Waals surface area contributed by atoms with E-state index in [1.54, 1.807) is 10.9 Å². The summed E-state index contributed by atoms with van der Waals surface area (Å²) in [6.45, 7) is 7.79. The van der Waals surface area contributed by atoms with Crippen LogP contribution in [0.5, 0.6) is 0 Å². The molecule has 0 bridgehead atoms. The zero-order chi connectivity index (χ0) is 14.9. The van der Waals surface area contributed by atoms with E-state index in [0.717, 1.165) is 15.1 Å². The topological polar surface area (TPSA) is 64.7 Å². The third-order valence-electron chi connectivity index (χ3n) is 2.94. The molecule has 0 aromatic carbocycles. The van der Waals surface area contributed by atoms with E-state index < -0.39 is 0 Å². The molecule has 0 radical (unpaired) electrons. The van der Waals surface area contributed by atoms with Crippen molar-refractivity contribution >= 4 is 34.3 Å². The average Bonchev–Trinajstić information content (AvgIpc) is 2.94. The molecule has 1 N–H and O–H groups in total. The van der Waals surface area contributed by atoms with E-state index in [9.17, 15) is 4.79 Å². The van der Waals surface area contributed by atoms with Gasteiger partial charge >= 0.3 is 0 Å². The standard InChI is InChI=1S/C13H18IN5O/c1-8(2)19-12(5-9(3)17-19)16-13(20)10(4)18-7-11(14)6-15-18/h5-8,10H,1-4H3,(H,16,20). The molecule has 2 rings (SSSR count). The van der Waals surface area contributed by atoms with Crippen LogP contribution in [0.15, 0.2) is 18.5 Å². The fourth-order valence-corrected chi connectivity index (χ4v) is 2.29. The number of hydrogen-bond donors (Lipinski definition) is 1. The Labute approximate surface area is 131 Å². The molecule has 1 amide bonds. The number of halogens is 1. The van der Waals surface area contributed by atoms with Crippen molar-refractivity contribution in [3.63, 3.8) is 0 Å². The highest BCUT2D eigenvalue weighted by Crippen LogP contribution is 2.18. The van der Waals surface area contributed by atoms with E-state index in [4.69, 9.17) is 0 Å². The summed E-state index contributed by atoms with van der Waals surface area (Å²) in [7, 11) is 0. The first kappa shape index (κ1) is 15.0. The number of carbonyl (C=O) groups is 1. The van der Waals surface area contributed by atoms with Gasteiger partial charge in [0, 0.05) is 18.3 Å². The molecular weight excluding hydrogens is 369 g/mol. The van der Waals surface area contributed by atoms with Gasteiger partial charge in [-0.15, -0.1) is 0 Å². The van der Waals surface area contributed by atoms with Crippen LogP contribution in [0.25, 0.3) is 0 Å². The Balaban J connectivity index is 2.15. The lowest BCUT2D eigenvalue weighted by Crippen LogP contribution is -2.25. The third-order valence-corrected chi connectivity index (χ3v) is 3.50. The number of aryl methyl sites for hydroxylation is 1. The molecule has 108 valence electrons. The van der Waals surface area contributed by atoms with E-state index in [1.165, 1.54) is 0 Å². The van der Waals surface area contributed by atoms with Crippen molar-refractivity contribution in [2.45, 2.75) is 39.8 Å². The Morgan fingerprint density at radius 3 is 2.65 bits per heavy atom. The summed E-state index contributed by atoms with van der Waals surface area (Å²) in [5.74, 6) is 0.613. The fraction of sp³-hybridized carbons (Fsp3) is 0.462. The summed E-state index contributed by atoms with van der Waals surface area (Å²) < 4.78 is 4.47.